The Morgan fingerprint density at radius 2 is 1.92 bits per heavy atom. The number of halogens is 1. The van der Waals surface area contributed by atoms with Crippen molar-refractivity contribution in [1.29, 1.82) is 5.26 Å². The van der Waals surface area contributed by atoms with Gasteiger partial charge in [-0.05, 0) is 57.2 Å². The van der Waals surface area contributed by atoms with E-state index in [2.05, 4.69) is 16.7 Å². The summed E-state index contributed by atoms with van der Waals surface area (Å²) in [5, 5.41) is 15.7. The van der Waals surface area contributed by atoms with E-state index in [4.69, 9.17) is 11.6 Å². The number of hydrogen-bond acceptors (Lipinski definition) is 3. The van der Waals surface area contributed by atoms with E-state index in [9.17, 15) is 14.9 Å². The Morgan fingerprint density at radius 3 is 2.54 bits per heavy atom. The summed E-state index contributed by atoms with van der Waals surface area (Å²) >= 11 is 5.97. The molecule has 6 nitrogen and oxygen atoms in total. The number of nitrogens with zero attached hydrogens (tertiary/aromatic N) is 1. The first-order valence-electron chi connectivity index (χ1n) is 8.99. The van der Waals surface area contributed by atoms with Gasteiger partial charge in [-0.25, -0.2) is 0 Å². The lowest BCUT2D eigenvalue weighted by Gasteiger charge is -2.23. The lowest BCUT2D eigenvalue weighted by Crippen LogP contribution is -3.14. The van der Waals surface area contributed by atoms with Crippen molar-refractivity contribution in [3.8, 4) is 6.07 Å². The highest BCUT2D eigenvalue weighted by atomic mass is 35.5. The van der Waals surface area contributed by atoms with Crippen molar-refractivity contribution < 1.29 is 14.5 Å². The SMILES string of the molecule is CC[NH+](CC(=O)Nc1cc(Cl)ccc1C)CC(=O)NC1(C#N)CCCC1. The number of likely N-dealkylation sites (N-methyl/N-ethyl adjacent to an activating group) is 1. The third-order valence-electron chi connectivity index (χ3n) is 4.84. The number of nitrogens with one attached hydrogen (secondary N) is 3. The van der Waals surface area contributed by atoms with Crippen LogP contribution in [0.25, 0.3) is 0 Å². The molecule has 1 aliphatic carbocycles. The van der Waals surface area contributed by atoms with Crippen molar-refractivity contribution in [2.45, 2.75) is 45.1 Å². The zero-order chi connectivity index (χ0) is 19.2. The smallest absolute Gasteiger partial charge is 0.279 e. The Labute approximate surface area is 159 Å². The number of benzene rings is 1. The first-order chi connectivity index (χ1) is 12.4. The first-order valence-corrected chi connectivity index (χ1v) is 9.37. The molecule has 0 heterocycles. The number of aryl methyl sites for hydroxylation is 1. The molecule has 2 rings (SSSR count). The zero-order valence-electron chi connectivity index (χ0n) is 15.3. The average molecular weight is 378 g/mol. The Hall–Kier alpha value is -2.10. The van der Waals surface area contributed by atoms with E-state index < -0.39 is 5.54 Å². The van der Waals surface area contributed by atoms with E-state index in [-0.39, 0.29) is 24.9 Å². The van der Waals surface area contributed by atoms with Gasteiger partial charge in [0, 0.05) is 10.7 Å². The summed E-state index contributed by atoms with van der Waals surface area (Å²) in [6, 6.07) is 7.58. The Kier molecular flexibility index (Phi) is 7.01. The number of carbonyl (C=O) groups excluding carboxylic acids is 2. The van der Waals surface area contributed by atoms with Gasteiger partial charge in [0.25, 0.3) is 11.8 Å². The van der Waals surface area contributed by atoms with E-state index >= 15 is 0 Å². The van der Waals surface area contributed by atoms with Crippen LogP contribution in [0.4, 0.5) is 5.69 Å². The van der Waals surface area contributed by atoms with Crippen LogP contribution in [0.5, 0.6) is 0 Å². The lowest BCUT2D eigenvalue weighted by atomic mass is 10.00. The van der Waals surface area contributed by atoms with Crippen molar-refractivity contribution in [1.82, 2.24) is 5.32 Å². The minimum atomic E-state index is -0.726. The van der Waals surface area contributed by atoms with Crippen LogP contribution >= 0.6 is 11.6 Å². The molecule has 7 heteroatoms. The van der Waals surface area contributed by atoms with E-state index in [1.54, 1.807) is 12.1 Å². The topological polar surface area (TPSA) is 86.4 Å². The van der Waals surface area contributed by atoms with Gasteiger partial charge in [0.05, 0.1) is 12.6 Å². The van der Waals surface area contributed by atoms with Crippen molar-refractivity contribution in [2.75, 3.05) is 25.0 Å². The summed E-state index contributed by atoms with van der Waals surface area (Å²) in [4.78, 5) is 25.5. The maximum Gasteiger partial charge on any atom is 0.279 e. The standard InChI is InChI=1S/C19H25ClN4O2/c1-3-24(12-18(26)23-19(13-21)8-4-5-9-19)11-17(25)22-16-10-15(20)7-6-14(16)2/h6-7,10H,3-5,8-9,11-12H2,1-2H3,(H,22,25)(H,23,26)/p+1. The summed E-state index contributed by atoms with van der Waals surface area (Å²) in [6.45, 7) is 4.80. The molecule has 1 aliphatic rings. The quantitative estimate of drug-likeness (QED) is 0.672. The van der Waals surface area contributed by atoms with Crippen molar-refractivity contribution in [3.63, 3.8) is 0 Å². The molecule has 1 saturated carbocycles. The van der Waals surface area contributed by atoms with Crippen molar-refractivity contribution >= 4 is 29.1 Å². The summed E-state index contributed by atoms with van der Waals surface area (Å²) in [5.41, 5.74) is 0.878. The highest BCUT2D eigenvalue weighted by Gasteiger charge is 2.36. The van der Waals surface area contributed by atoms with Gasteiger partial charge in [0.15, 0.2) is 13.1 Å². The number of rotatable bonds is 7. The predicted octanol–water partition coefficient (Wildman–Crippen LogP) is 1.44. The molecular weight excluding hydrogens is 352 g/mol. The number of hydrogen-bond donors (Lipinski definition) is 3. The van der Waals surface area contributed by atoms with Crippen LogP contribution in [0.3, 0.4) is 0 Å². The fourth-order valence-corrected chi connectivity index (χ4v) is 3.42. The summed E-state index contributed by atoms with van der Waals surface area (Å²) < 4.78 is 0. The second-order valence-corrected chi connectivity index (χ2v) is 7.35. The Bertz CT molecular complexity index is 708. The second kappa shape index (κ2) is 9.02. The molecule has 1 fully saturated rings. The molecule has 0 aromatic heterocycles. The molecule has 26 heavy (non-hydrogen) atoms. The van der Waals surface area contributed by atoms with Gasteiger partial charge < -0.3 is 15.5 Å². The monoisotopic (exact) mass is 377 g/mol. The minimum absolute atomic E-state index is 0.169. The summed E-state index contributed by atoms with van der Waals surface area (Å²) in [7, 11) is 0. The fraction of sp³-hybridized carbons (Fsp3) is 0.526. The molecule has 1 atom stereocenters. The number of anilines is 1. The number of quaternary nitrogens is 1. The maximum absolute atomic E-state index is 12.3. The van der Waals surface area contributed by atoms with Crippen LogP contribution in [-0.2, 0) is 9.59 Å². The molecule has 3 N–H and O–H groups in total. The molecule has 0 aliphatic heterocycles. The summed E-state index contributed by atoms with van der Waals surface area (Å²) in [6.07, 6.45) is 3.32. The lowest BCUT2D eigenvalue weighted by molar-refractivity contribution is -0.881. The fourth-order valence-electron chi connectivity index (χ4n) is 3.24. The van der Waals surface area contributed by atoms with Gasteiger partial charge in [-0.2, -0.15) is 5.26 Å². The molecule has 0 saturated heterocycles. The van der Waals surface area contributed by atoms with Crippen LogP contribution in [0, 0.1) is 18.3 Å². The second-order valence-electron chi connectivity index (χ2n) is 6.91. The van der Waals surface area contributed by atoms with E-state index in [0.29, 0.717) is 30.1 Å². The largest absolute Gasteiger partial charge is 0.333 e. The molecule has 1 aromatic carbocycles. The minimum Gasteiger partial charge on any atom is -0.333 e. The molecule has 0 spiro atoms. The molecular formula is C19H26ClN4O2+. The van der Waals surface area contributed by atoms with Gasteiger partial charge in [-0.1, -0.05) is 17.7 Å². The third kappa shape index (κ3) is 5.45. The highest BCUT2D eigenvalue weighted by molar-refractivity contribution is 6.31. The van der Waals surface area contributed by atoms with Crippen LogP contribution in [0.1, 0.15) is 38.2 Å². The number of carbonyl (C=O) groups is 2. The Morgan fingerprint density at radius 1 is 1.27 bits per heavy atom. The van der Waals surface area contributed by atoms with Crippen LogP contribution < -0.4 is 15.5 Å². The van der Waals surface area contributed by atoms with E-state index in [1.165, 1.54) is 0 Å². The van der Waals surface area contributed by atoms with Gasteiger partial charge in [0.2, 0.25) is 0 Å². The molecule has 140 valence electrons. The number of amides is 2. The molecule has 0 bridgehead atoms. The highest BCUT2D eigenvalue weighted by Crippen LogP contribution is 2.28. The molecule has 2 amide bonds. The van der Waals surface area contributed by atoms with Gasteiger partial charge in [0.1, 0.15) is 5.54 Å². The van der Waals surface area contributed by atoms with Crippen LogP contribution in [0.2, 0.25) is 5.02 Å². The van der Waals surface area contributed by atoms with Crippen molar-refractivity contribution in [2.24, 2.45) is 0 Å². The summed E-state index contributed by atoms with van der Waals surface area (Å²) in [5.74, 6) is -0.354. The number of nitriles is 1. The molecule has 0 radical (unpaired) electrons. The first kappa shape index (κ1) is 20.2. The third-order valence-corrected chi connectivity index (χ3v) is 5.08. The predicted molar refractivity (Wildman–Crippen MR) is 101 cm³/mol. The Balaban J connectivity index is 1.90. The van der Waals surface area contributed by atoms with Crippen LogP contribution in [-0.4, -0.2) is 37.0 Å². The molecule has 1 unspecified atom stereocenters. The van der Waals surface area contributed by atoms with Gasteiger partial charge in [-0.15, -0.1) is 0 Å². The normalized spacial score (nSPS) is 16.5. The van der Waals surface area contributed by atoms with Gasteiger partial charge in [-0.3, -0.25) is 9.59 Å². The molecule has 1 aromatic rings. The average Bonchev–Trinajstić information content (AvgIpc) is 3.06. The van der Waals surface area contributed by atoms with Crippen molar-refractivity contribution in [3.05, 3.63) is 28.8 Å². The van der Waals surface area contributed by atoms with Crippen LogP contribution in [0.15, 0.2) is 18.2 Å². The maximum atomic E-state index is 12.3. The zero-order valence-corrected chi connectivity index (χ0v) is 16.1. The van der Waals surface area contributed by atoms with E-state index in [1.807, 2.05) is 19.9 Å². The van der Waals surface area contributed by atoms with Gasteiger partial charge >= 0.3 is 0 Å². The van der Waals surface area contributed by atoms with E-state index in [0.717, 1.165) is 23.3 Å².